The van der Waals surface area contributed by atoms with Crippen LogP contribution in [-0.4, -0.2) is 34.5 Å². The van der Waals surface area contributed by atoms with E-state index in [1.54, 1.807) is 24.3 Å². The highest BCUT2D eigenvalue weighted by atomic mass is 35.5. The molecule has 0 atom stereocenters. The number of amides is 1. The van der Waals surface area contributed by atoms with E-state index < -0.39 is 5.97 Å². The zero-order chi connectivity index (χ0) is 17.0. The van der Waals surface area contributed by atoms with Gasteiger partial charge in [-0.05, 0) is 38.1 Å². The minimum absolute atomic E-state index is 0.109. The van der Waals surface area contributed by atoms with Gasteiger partial charge in [0.2, 0.25) is 0 Å². The average Bonchev–Trinajstić information content (AvgIpc) is 2.96. The van der Waals surface area contributed by atoms with Crippen LogP contribution in [0.1, 0.15) is 30.8 Å². The number of carbonyl (C=O) groups is 2. The van der Waals surface area contributed by atoms with Gasteiger partial charge in [0.25, 0.3) is 5.91 Å². The summed E-state index contributed by atoms with van der Waals surface area (Å²) in [5.74, 6) is -0.612. The third-order valence-electron chi connectivity index (χ3n) is 3.41. The Labute approximate surface area is 139 Å². The first-order valence-corrected chi connectivity index (χ1v) is 7.65. The van der Waals surface area contributed by atoms with Crippen LogP contribution in [0.2, 0.25) is 5.02 Å². The largest absolute Gasteiger partial charge is 0.481 e. The highest BCUT2D eigenvalue weighted by molar-refractivity contribution is 6.33. The fraction of sp³-hybridized carbons (Fsp3) is 0.294. The molecular weight excluding hydrogens is 318 g/mol. The fourth-order valence-corrected chi connectivity index (χ4v) is 2.44. The molecule has 1 amide bonds. The topological polar surface area (TPSA) is 70.8 Å². The van der Waals surface area contributed by atoms with Gasteiger partial charge in [-0.2, -0.15) is 0 Å². The molecule has 2 rings (SSSR count). The van der Waals surface area contributed by atoms with Gasteiger partial charge in [-0.25, -0.2) is 0 Å². The number of rotatable bonds is 6. The summed E-state index contributed by atoms with van der Waals surface area (Å²) in [6.07, 6.45) is -0.109. The Kier molecular flexibility index (Phi) is 5.45. The summed E-state index contributed by atoms with van der Waals surface area (Å²) in [6, 6.07) is 10.3. The van der Waals surface area contributed by atoms with Crippen LogP contribution in [-0.2, 0) is 4.79 Å². The Bertz CT molecular complexity index is 708. The lowest BCUT2D eigenvalue weighted by molar-refractivity contribution is -0.137. The normalized spacial score (nSPS) is 10.8. The number of benzene rings is 1. The summed E-state index contributed by atoms with van der Waals surface area (Å²) in [4.78, 5) is 24.7. The minimum atomic E-state index is -0.945. The molecule has 5 nitrogen and oxygen atoms in total. The van der Waals surface area contributed by atoms with Crippen molar-refractivity contribution in [2.45, 2.75) is 26.3 Å². The lowest BCUT2D eigenvalue weighted by atomic mass is 10.2. The number of furan rings is 1. The molecule has 6 heteroatoms. The van der Waals surface area contributed by atoms with Crippen molar-refractivity contribution < 1.29 is 19.1 Å². The summed E-state index contributed by atoms with van der Waals surface area (Å²) in [5.41, 5.74) is 0.704. The first-order chi connectivity index (χ1) is 10.9. The van der Waals surface area contributed by atoms with Crippen LogP contribution in [0.5, 0.6) is 0 Å². The van der Waals surface area contributed by atoms with Crippen molar-refractivity contribution in [1.29, 1.82) is 0 Å². The van der Waals surface area contributed by atoms with E-state index in [0.29, 0.717) is 16.3 Å². The average molecular weight is 336 g/mol. The first kappa shape index (κ1) is 17.1. The van der Waals surface area contributed by atoms with Crippen molar-refractivity contribution in [3.63, 3.8) is 0 Å². The van der Waals surface area contributed by atoms with Crippen molar-refractivity contribution >= 4 is 23.5 Å². The van der Waals surface area contributed by atoms with E-state index in [4.69, 9.17) is 21.1 Å². The van der Waals surface area contributed by atoms with Crippen LogP contribution in [0.15, 0.2) is 40.8 Å². The summed E-state index contributed by atoms with van der Waals surface area (Å²) >= 11 is 6.12. The Hall–Kier alpha value is -2.27. The second-order valence-electron chi connectivity index (χ2n) is 5.38. The number of halogens is 1. The molecule has 0 saturated heterocycles. The highest BCUT2D eigenvalue weighted by Gasteiger charge is 2.23. The third-order valence-corrected chi connectivity index (χ3v) is 3.74. The quantitative estimate of drug-likeness (QED) is 0.868. The summed E-state index contributed by atoms with van der Waals surface area (Å²) in [7, 11) is 0. The zero-order valence-corrected chi connectivity index (χ0v) is 13.7. The van der Waals surface area contributed by atoms with E-state index in [1.165, 1.54) is 4.90 Å². The molecule has 1 aromatic heterocycles. The van der Waals surface area contributed by atoms with Gasteiger partial charge in [0.15, 0.2) is 5.76 Å². The molecule has 0 fully saturated rings. The van der Waals surface area contributed by atoms with E-state index in [-0.39, 0.29) is 30.7 Å². The molecular formula is C17H18ClNO4. The molecule has 1 heterocycles. The number of carbonyl (C=O) groups excluding carboxylic acids is 1. The second-order valence-corrected chi connectivity index (χ2v) is 5.79. The molecule has 0 bridgehead atoms. The number of nitrogens with zero attached hydrogens (tertiary/aromatic N) is 1. The predicted molar refractivity (Wildman–Crippen MR) is 87.6 cm³/mol. The van der Waals surface area contributed by atoms with Gasteiger partial charge in [-0.3, -0.25) is 9.59 Å². The van der Waals surface area contributed by atoms with Crippen LogP contribution in [0.25, 0.3) is 11.3 Å². The molecule has 2 aromatic rings. The van der Waals surface area contributed by atoms with E-state index in [1.807, 2.05) is 26.0 Å². The van der Waals surface area contributed by atoms with E-state index in [9.17, 15) is 9.59 Å². The van der Waals surface area contributed by atoms with Crippen LogP contribution >= 0.6 is 11.6 Å². The molecule has 23 heavy (non-hydrogen) atoms. The van der Waals surface area contributed by atoms with Gasteiger partial charge in [-0.15, -0.1) is 0 Å². The molecule has 0 spiro atoms. The summed E-state index contributed by atoms with van der Waals surface area (Å²) in [5, 5.41) is 9.34. The van der Waals surface area contributed by atoms with Crippen LogP contribution in [0, 0.1) is 0 Å². The summed E-state index contributed by atoms with van der Waals surface area (Å²) in [6.45, 7) is 3.79. The van der Waals surface area contributed by atoms with Crippen LogP contribution in [0.3, 0.4) is 0 Å². The lowest BCUT2D eigenvalue weighted by Gasteiger charge is -2.25. The molecule has 122 valence electrons. The van der Waals surface area contributed by atoms with Gasteiger partial charge in [-0.1, -0.05) is 23.7 Å². The van der Waals surface area contributed by atoms with Gasteiger partial charge >= 0.3 is 5.97 Å². The zero-order valence-electron chi connectivity index (χ0n) is 13.0. The molecule has 0 radical (unpaired) electrons. The summed E-state index contributed by atoms with van der Waals surface area (Å²) < 4.78 is 5.63. The first-order valence-electron chi connectivity index (χ1n) is 7.27. The Morgan fingerprint density at radius 2 is 1.91 bits per heavy atom. The number of hydrogen-bond donors (Lipinski definition) is 1. The van der Waals surface area contributed by atoms with E-state index in [2.05, 4.69) is 0 Å². The number of carboxylic acids is 1. The SMILES string of the molecule is CC(C)N(CCC(=O)O)C(=O)c1ccc(-c2ccccc2Cl)o1. The molecule has 0 aliphatic heterocycles. The third kappa shape index (κ3) is 4.13. The molecule has 0 aliphatic rings. The molecule has 1 N–H and O–H groups in total. The second kappa shape index (κ2) is 7.33. The maximum absolute atomic E-state index is 12.5. The van der Waals surface area contributed by atoms with Crippen molar-refractivity contribution in [3.8, 4) is 11.3 Å². The molecule has 1 aromatic carbocycles. The maximum Gasteiger partial charge on any atom is 0.305 e. The van der Waals surface area contributed by atoms with E-state index in [0.717, 1.165) is 0 Å². The van der Waals surface area contributed by atoms with Gasteiger partial charge in [0, 0.05) is 18.2 Å². The molecule has 0 saturated carbocycles. The highest BCUT2D eigenvalue weighted by Crippen LogP contribution is 2.29. The van der Waals surface area contributed by atoms with Crippen molar-refractivity contribution in [3.05, 3.63) is 47.2 Å². The van der Waals surface area contributed by atoms with E-state index >= 15 is 0 Å². The van der Waals surface area contributed by atoms with Crippen molar-refractivity contribution in [1.82, 2.24) is 4.90 Å². The number of carboxylic acid groups (broad SMARTS) is 1. The Morgan fingerprint density at radius 1 is 1.22 bits per heavy atom. The van der Waals surface area contributed by atoms with Gasteiger partial charge in [0.1, 0.15) is 5.76 Å². The molecule has 0 aliphatic carbocycles. The monoisotopic (exact) mass is 335 g/mol. The predicted octanol–water partition coefficient (Wildman–Crippen LogP) is 3.93. The number of hydrogen-bond acceptors (Lipinski definition) is 3. The van der Waals surface area contributed by atoms with Gasteiger partial charge in [0.05, 0.1) is 11.4 Å². The maximum atomic E-state index is 12.5. The van der Waals surface area contributed by atoms with Crippen LogP contribution < -0.4 is 0 Å². The standard InChI is InChI=1S/C17H18ClNO4/c1-11(2)19(10-9-16(20)21)17(22)15-8-7-14(23-15)12-5-3-4-6-13(12)18/h3-8,11H,9-10H2,1-2H3,(H,20,21). The van der Waals surface area contributed by atoms with Crippen molar-refractivity contribution in [2.24, 2.45) is 0 Å². The number of aliphatic carboxylic acids is 1. The van der Waals surface area contributed by atoms with Crippen molar-refractivity contribution in [2.75, 3.05) is 6.54 Å². The Morgan fingerprint density at radius 3 is 2.52 bits per heavy atom. The smallest absolute Gasteiger partial charge is 0.305 e. The molecule has 0 unspecified atom stereocenters. The fourth-order valence-electron chi connectivity index (χ4n) is 2.21. The van der Waals surface area contributed by atoms with Crippen LogP contribution in [0.4, 0.5) is 0 Å². The lowest BCUT2D eigenvalue weighted by Crippen LogP contribution is -2.38. The Balaban J connectivity index is 2.22. The van der Waals surface area contributed by atoms with Gasteiger partial charge < -0.3 is 14.4 Å². The minimum Gasteiger partial charge on any atom is -0.481 e.